The number of anilines is 1. The number of aryl methyl sites for hydroxylation is 1. The molecule has 3 aliphatic heterocycles. The van der Waals surface area contributed by atoms with Gasteiger partial charge in [-0.1, -0.05) is 35.9 Å². The van der Waals surface area contributed by atoms with Crippen molar-refractivity contribution in [3.05, 3.63) is 65.2 Å². The van der Waals surface area contributed by atoms with E-state index < -0.39 is 0 Å². The van der Waals surface area contributed by atoms with Crippen molar-refractivity contribution in [1.29, 1.82) is 0 Å². The number of amides is 2. The van der Waals surface area contributed by atoms with Gasteiger partial charge in [0.05, 0.1) is 12.1 Å². The highest BCUT2D eigenvalue weighted by Gasteiger charge is 2.45. The summed E-state index contributed by atoms with van der Waals surface area (Å²) in [6.07, 6.45) is 3.05. The summed E-state index contributed by atoms with van der Waals surface area (Å²) < 4.78 is 0. The number of rotatable bonds is 3. The summed E-state index contributed by atoms with van der Waals surface area (Å²) in [5, 5.41) is 3.57. The summed E-state index contributed by atoms with van der Waals surface area (Å²) in [6, 6.07) is 16.2. The Bertz CT molecular complexity index is 997. The van der Waals surface area contributed by atoms with Gasteiger partial charge in [-0.3, -0.25) is 14.5 Å². The molecule has 6 nitrogen and oxygen atoms in total. The molecule has 6 heteroatoms. The molecule has 0 radical (unpaired) electrons. The number of likely N-dealkylation sites (tertiary alicyclic amines) is 1. The average Bonchev–Trinajstić information content (AvgIpc) is 3.22. The van der Waals surface area contributed by atoms with Crippen molar-refractivity contribution in [2.24, 2.45) is 0 Å². The number of hydrogen-bond acceptors (Lipinski definition) is 4. The van der Waals surface area contributed by atoms with E-state index in [9.17, 15) is 9.59 Å². The van der Waals surface area contributed by atoms with Crippen LogP contribution >= 0.6 is 0 Å². The van der Waals surface area contributed by atoms with Gasteiger partial charge in [0, 0.05) is 50.5 Å². The second-order valence-electron chi connectivity index (χ2n) is 9.50. The zero-order valence-corrected chi connectivity index (χ0v) is 18.8. The number of fused-ring (bicyclic) bond motifs is 1. The van der Waals surface area contributed by atoms with Crippen LogP contribution in [0.15, 0.2) is 48.5 Å². The van der Waals surface area contributed by atoms with Crippen LogP contribution in [-0.4, -0.2) is 77.9 Å². The van der Waals surface area contributed by atoms with Gasteiger partial charge in [-0.05, 0) is 49.9 Å². The molecule has 1 atom stereocenters. The fraction of sp³-hybridized carbons (Fsp3) is 0.462. The Kier molecular flexibility index (Phi) is 5.64. The summed E-state index contributed by atoms with van der Waals surface area (Å²) >= 11 is 0. The molecule has 1 N–H and O–H groups in total. The molecule has 2 aromatic carbocycles. The predicted octanol–water partition coefficient (Wildman–Crippen LogP) is 2.78. The lowest BCUT2D eigenvalue weighted by molar-refractivity contribution is -0.136. The van der Waals surface area contributed by atoms with Gasteiger partial charge in [0.25, 0.3) is 5.91 Å². The topological polar surface area (TPSA) is 55.9 Å². The minimum Gasteiger partial charge on any atom is -0.382 e. The van der Waals surface area contributed by atoms with Crippen LogP contribution < -0.4 is 5.32 Å². The van der Waals surface area contributed by atoms with Crippen molar-refractivity contribution in [3.63, 3.8) is 0 Å². The summed E-state index contributed by atoms with van der Waals surface area (Å²) in [7, 11) is 0. The van der Waals surface area contributed by atoms with E-state index in [1.165, 1.54) is 11.3 Å². The molecule has 3 aliphatic rings. The van der Waals surface area contributed by atoms with Gasteiger partial charge in [0.1, 0.15) is 0 Å². The largest absolute Gasteiger partial charge is 0.382 e. The van der Waals surface area contributed by atoms with Crippen molar-refractivity contribution in [3.8, 4) is 0 Å². The van der Waals surface area contributed by atoms with Gasteiger partial charge in [0.15, 0.2) is 0 Å². The summed E-state index contributed by atoms with van der Waals surface area (Å²) in [6.45, 7) is 6.95. The van der Waals surface area contributed by atoms with Gasteiger partial charge >= 0.3 is 0 Å². The minimum absolute atomic E-state index is 0.0846. The second-order valence-corrected chi connectivity index (χ2v) is 9.50. The van der Waals surface area contributed by atoms with Crippen LogP contribution in [0.25, 0.3) is 0 Å². The van der Waals surface area contributed by atoms with Gasteiger partial charge in [-0.2, -0.15) is 0 Å². The zero-order valence-electron chi connectivity index (χ0n) is 18.8. The van der Waals surface area contributed by atoms with Crippen LogP contribution in [0.2, 0.25) is 0 Å². The highest BCUT2D eigenvalue weighted by molar-refractivity contribution is 5.94. The Hall–Kier alpha value is -2.86. The Morgan fingerprint density at radius 3 is 2.50 bits per heavy atom. The van der Waals surface area contributed by atoms with Crippen molar-refractivity contribution in [1.82, 2.24) is 14.7 Å². The number of carbonyl (C=O) groups excluding carboxylic acids is 2. The lowest BCUT2D eigenvalue weighted by Crippen LogP contribution is -2.58. The van der Waals surface area contributed by atoms with Crippen molar-refractivity contribution < 1.29 is 9.59 Å². The Morgan fingerprint density at radius 1 is 0.969 bits per heavy atom. The Balaban J connectivity index is 1.18. The van der Waals surface area contributed by atoms with Crippen molar-refractivity contribution in [2.45, 2.75) is 31.7 Å². The molecular weight excluding hydrogens is 400 g/mol. The number of nitrogens with one attached hydrogen (secondary N) is 1. The van der Waals surface area contributed by atoms with Crippen LogP contribution in [0.4, 0.5) is 5.69 Å². The first-order valence-electron chi connectivity index (χ1n) is 11.7. The number of benzene rings is 2. The molecular formula is C26H32N4O2. The van der Waals surface area contributed by atoms with Crippen molar-refractivity contribution in [2.75, 3.05) is 51.1 Å². The molecule has 2 amide bonds. The van der Waals surface area contributed by atoms with E-state index in [1.54, 1.807) is 0 Å². The molecule has 1 unspecified atom stereocenters. The first-order valence-corrected chi connectivity index (χ1v) is 11.7. The van der Waals surface area contributed by atoms with E-state index in [4.69, 9.17) is 0 Å². The van der Waals surface area contributed by atoms with E-state index in [0.717, 1.165) is 56.6 Å². The van der Waals surface area contributed by atoms with Crippen molar-refractivity contribution >= 4 is 17.5 Å². The number of piperazine rings is 1. The van der Waals surface area contributed by atoms with Gasteiger partial charge < -0.3 is 15.1 Å². The standard InChI is InChI=1S/C26H32N4O2/c1-20-7-9-21(10-8-20)25(32)29-15-13-28(14-16-29)18-24(31)30-12-4-11-26(30)17-22-5-2-3-6-23(22)27-19-26/h2-3,5-10,27H,4,11-19H2,1H3. The summed E-state index contributed by atoms with van der Waals surface area (Å²) in [5.74, 6) is 0.309. The number of carbonyl (C=O) groups is 2. The Labute approximate surface area is 190 Å². The van der Waals surface area contributed by atoms with E-state index in [2.05, 4.69) is 39.4 Å². The van der Waals surface area contributed by atoms with Gasteiger partial charge in [0.2, 0.25) is 5.91 Å². The fourth-order valence-corrected chi connectivity index (χ4v) is 5.48. The molecule has 0 saturated carbocycles. The van der Waals surface area contributed by atoms with Crippen LogP contribution in [-0.2, 0) is 11.2 Å². The molecule has 2 aromatic rings. The molecule has 2 saturated heterocycles. The summed E-state index contributed by atoms with van der Waals surface area (Å²) in [5.41, 5.74) is 4.30. The van der Waals surface area contributed by atoms with Crippen LogP contribution in [0, 0.1) is 6.92 Å². The maximum atomic E-state index is 13.3. The van der Waals surface area contributed by atoms with Crippen LogP contribution in [0.1, 0.15) is 34.3 Å². The molecule has 0 aliphatic carbocycles. The molecule has 5 rings (SSSR count). The molecule has 3 heterocycles. The number of para-hydroxylation sites is 1. The number of hydrogen-bond donors (Lipinski definition) is 1. The Morgan fingerprint density at radius 2 is 1.72 bits per heavy atom. The van der Waals surface area contributed by atoms with E-state index in [0.29, 0.717) is 19.6 Å². The molecule has 168 valence electrons. The first-order chi connectivity index (χ1) is 15.5. The monoisotopic (exact) mass is 432 g/mol. The third-order valence-electron chi connectivity index (χ3n) is 7.36. The van der Waals surface area contributed by atoms with E-state index >= 15 is 0 Å². The van der Waals surface area contributed by atoms with E-state index in [-0.39, 0.29) is 17.4 Å². The molecule has 2 fully saturated rings. The fourth-order valence-electron chi connectivity index (χ4n) is 5.48. The third kappa shape index (κ3) is 3.99. The average molecular weight is 433 g/mol. The minimum atomic E-state index is -0.103. The van der Waals surface area contributed by atoms with Crippen LogP contribution in [0.5, 0.6) is 0 Å². The second kappa shape index (κ2) is 8.58. The normalized spacial score (nSPS) is 23.2. The maximum absolute atomic E-state index is 13.3. The summed E-state index contributed by atoms with van der Waals surface area (Å²) in [4.78, 5) is 32.4. The number of nitrogens with zero attached hydrogens (tertiary/aromatic N) is 3. The predicted molar refractivity (Wildman–Crippen MR) is 126 cm³/mol. The third-order valence-corrected chi connectivity index (χ3v) is 7.36. The lowest BCUT2D eigenvalue weighted by atomic mass is 9.84. The highest BCUT2D eigenvalue weighted by Crippen LogP contribution is 2.38. The van der Waals surface area contributed by atoms with Crippen LogP contribution in [0.3, 0.4) is 0 Å². The highest BCUT2D eigenvalue weighted by atomic mass is 16.2. The SMILES string of the molecule is Cc1ccc(C(=O)N2CCN(CC(=O)N3CCCC34CNc3ccccc3C4)CC2)cc1. The van der Waals surface area contributed by atoms with Gasteiger partial charge in [-0.15, -0.1) is 0 Å². The quantitative estimate of drug-likeness (QED) is 0.811. The molecule has 0 bridgehead atoms. The first kappa shape index (κ1) is 21.0. The maximum Gasteiger partial charge on any atom is 0.253 e. The molecule has 0 aromatic heterocycles. The lowest BCUT2D eigenvalue weighted by Gasteiger charge is -2.44. The van der Waals surface area contributed by atoms with Gasteiger partial charge in [-0.25, -0.2) is 0 Å². The molecule has 1 spiro atoms. The smallest absolute Gasteiger partial charge is 0.253 e. The zero-order chi connectivity index (χ0) is 22.1. The molecule has 32 heavy (non-hydrogen) atoms. The van der Waals surface area contributed by atoms with E-state index in [1.807, 2.05) is 36.1 Å².